The number of benzene rings is 2. The third-order valence-corrected chi connectivity index (χ3v) is 4.48. The van der Waals surface area contributed by atoms with Crippen molar-refractivity contribution in [1.82, 2.24) is 15.3 Å². The summed E-state index contributed by atoms with van der Waals surface area (Å²) < 4.78 is 0. The van der Waals surface area contributed by atoms with Gasteiger partial charge in [-0.25, -0.2) is 0 Å². The van der Waals surface area contributed by atoms with Crippen molar-refractivity contribution in [3.8, 4) is 0 Å². The summed E-state index contributed by atoms with van der Waals surface area (Å²) in [5.41, 5.74) is 1.83. The van der Waals surface area contributed by atoms with Gasteiger partial charge in [-0.2, -0.15) is 0 Å². The third kappa shape index (κ3) is 3.61. The predicted molar refractivity (Wildman–Crippen MR) is 110 cm³/mol. The Kier molecular flexibility index (Phi) is 4.60. The zero-order valence-electron chi connectivity index (χ0n) is 14.9. The molecule has 0 radical (unpaired) electrons. The number of H-pyrrole nitrogens is 2. The average Bonchev–Trinajstić information content (AvgIpc) is 2.70. The largest absolute Gasteiger partial charge is 0.348 e. The molecule has 0 bridgehead atoms. The molecule has 0 aliphatic carbocycles. The maximum atomic E-state index is 12.1. The summed E-state index contributed by atoms with van der Waals surface area (Å²) in [6.07, 6.45) is 2.75. The van der Waals surface area contributed by atoms with Gasteiger partial charge in [0, 0.05) is 34.8 Å². The van der Waals surface area contributed by atoms with E-state index < -0.39 is 0 Å². The van der Waals surface area contributed by atoms with Gasteiger partial charge in [0.05, 0.1) is 0 Å². The number of fused-ring (bicyclic) bond motifs is 2. The van der Waals surface area contributed by atoms with Crippen LogP contribution in [0.5, 0.6) is 0 Å². The molecule has 2 heterocycles. The number of carbonyl (C=O) groups excluding carboxylic acids is 1. The zero-order valence-corrected chi connectivity index (χ0v) is 14.9. The molecule has 0 saturated carbocycles. The molecule has 2 aromatic heterocycles. The van der Waals surface area contributed by atoms with Crippen LogP contribution in [0.1, 0.15) is 11.1 Å². The molecule has 6 nitrogen and oxygen atoms in total. The van der Waals surface area contributed by atoms with E-state index in [1.807, 2.05) is 48.5 Å². The average molecular weight is 371 g/mol. The van der Waals surface area contributed by atoms with E-state index in [1.165, 1.54) is 12.2 Å². The summed E-state index contributed by atoms with van der Waals surface area (Å²) in [4.78, 5) is 41.9. The van der Waals surface area contributed by atoms with E-state index in [0.29, 0.717) is 11.1 Å². The monoisotopic (exact) mass is 371 g/mol. The smallest absolute Gasteiger partial charge is 0.255 e. The molecule has 4 rings (SSSR count). The van der Waals surface area contributed by atoms with Gasteiger partial charge >= 0.3 is 0 Å². The number of hydrogen-bond donors (Lipinski definition) is 3. The fourth-order valence-electron chi connectivity index (χ4n) is 3.02. The lowest BCUT2D eigenvalue weighted by atomic mass is 10.1. The minimum atomic E-state index is -0.389. The molecule has 0 fully saturated rings. The molecule has 3 N–H and O–H groups in total. The van der Waals surface area contributed by atoms with Crippen molar-refractivity contribution in [3.05, 3.63) is 98.6 Å². The van der Waals surface area contributed by atoms with Crippen molar-refractivity contribution in [2.24, 2.45) is 0 Å². The Bertz CT molecular complexity index is 1330. The van der Waals surface area contributed by atoms with Crippen molar-refractivity contribution >= 4 is 33.8 Å². The van der Waals surface area contributed by atoms with Gasteiger partial charge in [0.1, 0.15) is 0 Å². The van der Waals surface area contributed by atoms with E-state index in [9.17, 15) is 14.4 Å². The van der Waals surface area contributed by atoms with Gasteiger partial charge in [-0.1, -0.05) is 36.4 Å². The van der Waals surface area contributed by atoms with Gasteiger partial charge in [0.15, 0.2) is 0 Å². The van der Waals surface area contributed by atoms with Crippen LogP contribution in [0.15, 0.2) is 76.3 Å². The Morgan fingerprint density at radius 3 is 2.18 bits per heavy atom. The number of para-hydroxylation sites is 2. The first-order valence-electron chi connectivity index (χ1n) is 8.79. The van der Waals surface area contributed by atoms with E-state index in [0.717, 1.165) is 21.8 Å². The normalized spacial score (nSPS) is 11.3. The summed E-state index contributed by atoms with van der Waals surface area (Å²) >= 11 is 0. The van der Waals surface area contributed by atoms with Crippen LogP contribution in [0.3, 0.4) is 0 Å². The zero-order chi connectivity index (χ0) is 19.5. The molecule has 4 aromatic rings. The van der Waals surface area contributed by atoms with E-state index >= 15 is 0 Å². The topological polar surface area (TPSA) is 94.8 Å². The minimum Gasteiger partial charge on any atom is -0.348 e. The SMILES string of the molecule is O=C(/C=C/c1cc2ccccc2[nH]c1=O)NCc1cc2ccccc2[nH]c1=O. The molecular weight excluding hydrogens is 354 g/mol. The standard InChI is InChI=1S/C22H17N3O3/c26-20(10-9-16-11-14-5-1-3-7-18(14)24-21(16)27)23-13-17-12-15-6-2-4-8-19(15)25-22(17)28/h1-12H,13H2,(H,23,26)(H,24,27)(H,25,28)/b10-9+. The maximum Gasteiger partial charge on any atom is 0.255 e. The highest BCUT2D eigenvalue weighted by Crippen LogP contribution is 2.11. The highest BCUT2D eigenvalue weighted by atomic mass is 16.1. The van der Waals surface area contributed by atoms with Gasteiger partial charge < -0.3 is 15.3 Å². The van der Waals surface area contributed by atoms with Gasteiger partial charge in [0.2, 0.25) is 5.91 Å². The molecule has 28 heavy (non-hydrogen) atoms. The summed E-state index contributed by atoms with van der Waals surface area (Å²) in [6.45, 7) is 0.0947. The van der Waals surface area contributed by atoms with Crippen molar-refractivity contribution < 1.29 is 4.79 Å². The van der Waals surface area contributed by atoms with E-state index in [2.05, 4.69) is 15.3 Å². The lowest BCUT2D eigenvalue weighted by Crippen LogP contribution is -2.25. The number of nitrogens with one attached hydrogen (secondary N) is 3. The van der Waals surface area contributed by atoms with Crippen molar-refractivity contribution in [3.63, 3.8) is 0 Å². The number of pyridine rings is 2. The summed E-state index contributed by atoms with van der Waals surface area (Å²) in [7, 11) is 0. The minimum absolute atomic E-state index is 0.0947. The second-order valence-corrected chi connectivity index (χ2v) is 6.40. The maximum absolute atomic E-state index is 12.1. The Labute approximate surface area is 159 Å². The number of carbonyl (C=O) groups is 1. The van der Waals surface area contributed by atoms with E-state index in [4.69, 9.17) is 0 Å². The molecule has 0 unspecified atom stereocenters. The first-order valence-corrected chi connectivity index (χ1v) is 8.79. The molecule has 0 atom stereocenters. The molecule has 0 spiro atoms. The van der Waals surface area contributed by atoms with Crippen LogP contribution in [0, 0.1) is 0 Å². The van der Waals surface area contributed by atoms with Crippen molar-refractivity contribution in [2.45, 2.75) is 6.54 Å². The fourth-order valence-corrected chi connectivity index (χ4v) is 3.02. The number of hydrogen-bond acceptors (Lipinski definition) is 3. The first kappa shape index (κ1) is 17.5. The first-order chi connectivity index (χ1) is 13.6. The van der Waals surface area contributed by atoms with Crippen molar-refractivity contribution in [1.29, 1.82) is 0 Å². The van der Waals surface area contributed by atoms with Crippen LogP contribution < -0.4 is 16.4 Å². The highest BCUT2D eigenvalue weighted by molar-refractivity contribution is 5.92. The molecular formula is C22H17N3O3. The van der Waals surface area contributed by atoms with Crippen LogP contribution in [0.25, 0.3) is 27.9 Å². The molecule has 0 saturated heterocycles. The summed E-state index contributed by atoms with van der Waals surface area (Å²) in [5.74, 6) is -0.389. The Morgan fingerprint density at radius 2 is 1.46 bits per heavy atom. The molecule has 1 amide bonds. The van der Waals surface area contributed by atoms with E-state index in [-0.39, 0.29) is 23.6 Å². The molecule has 2 aromatic carbocycles. The number of aromatic nitrogens is 2. The molecule has 0 aliphatic rings. The summed E-state index contributed by atoms with van der Waals surface area (Å²) in [5, 5.41) is 4.45. The molecule has 6 heteroatoms. The number of aromatic amines is 2. The third-order valence-electron chi connectivity index (χ3n) is 4.48. The van der Waals surface area contributed by atoms with Crippen LogP contribution >= 0.6 is 0 Å². The van der Waals surface area contributed by atoms with Crippen LogP contribution in [0.4, 0.5) is 0 Å². The van der Waals surface area contributed by atoms with E-state index in [1.54, 1.807) is 12.1 Å². The van der Waals surface area contributed by atoms with Crippen LogP contribution in [-0.4, -0.2) is 15.9 Å². The number of rotatable bonds is 4. The Morgan fingerprint density at radius 1 is 0.857 bits per heavy atom. The van der Waals surface area contributed by atoms with Gasteiger partial charge in [0.25, 0.3) is 11.1 Å². The van der Waals surface area contributed by atoms with Gasteiger partial charge in [-0.3, -0.25) is 14.4 Å². The second-order valence-electron chi connectivity index (χ2n) is 6.40. The fraction of sp³-hybridized carbons (Fsp3) is 0.0455. The predicted octanol–water partition coefficient (Wildman–Crippen LogP) is 2.70. The Balaban J connectivity index is 1.49. The Hall–Kier alpha value is -3.93. The van der Waals surface area contributed by atoms with Gasteiger partial charge in [-0.15, -0.1) is 0 Å². The second kappa shape index (κ2) is 7.36. The van der Waals surface area contributed by atoms with Gasteiger partial charge in [-0.05, 0) is 41.1 Å². The lowest BCUT2D eigenvalue weighted by Gasteiger charge is -2.04. The number of amides is 1. The van der Waals surface area contributed by atoms with Crippen molar-refractivity contribution in [2.75, 3.05) is 0 Å². The molecule has 0 aliphatic heterocycles. The van der Waals surface area contributed by atoms with Crippen LogP contribution in [-0.2, 0) is 11.3 Å². The lowest BCUT2D eigenvalue weighted by molar-refractivity contribution is -0.116. The molecule has 138 valence electrons. The van der Waals surface area contributed by atoms with Crippen LogP contribution in [0.2, 0.25) is 0 Å². The quantitative estimate of drug-likeness (QED) is 0.481. The summed E-state index contributed by atoms with van der Waals surface area (Å²) in [6, 6.07) is 18.3. The highest BCUT2D eigenvalue weighted by Gasteiger charge is 2.05.